The fraction of sp³-hybridized carbons (Fsp3) is 0.182. The Morgan fingerprint density at radius 1 is 1.32 bits per heavy atom. The molecule has 0 fully saturated rings. The fourth-order valence-electron chi connectivity index (χ4n) is 1.78. The number of aliphatic hydroxyl groups excluding tert-OH is 1. The van der Waals surface area contributed by atoms with Crippen LogP contribution in [-0.4, -0.2) is 34.9 Å². The highest BCUT2D eigenvalue weighted by Crippen LogP contribution is 2.18. The molecule has 0 bridgehead atoms. The molecular formula is C11H12N2O5S. The molecule has 3 N–H and O–H groups in total. The molecule has 0 aromatic heterocycles. The lowest BCUT2D eigenvalue weighted by atomic mass is 10.1. The molecule has 0 aliphatic carbocycles. The predicted octanol–water partition coefficient (Wildman–Crippen LogP) is 0.189. The summed E-state index contributed by atoms with van der Waals surface area (Å²) in [5.74, 6) is -1.89. The summed E-state index contributed by atoms with van der Waals surface area (Å²) in [6.07, 6.45) is 0.859. The summed E-state index contributed by atoms with van der Waals surface area (Å²) in [6, 6.07) is 7.34. The molecule has 102 valence electrons. The minimum Gasteiger partial charge on any atom is -0.493 e. The van der Waals surface area contributed by atoms with Crippen LogP contribution in [-0.2, 0) is 21.4 Å². The van der Waals surface area contributed by atoms with Crippen LogP contribution in [0, 0.1) is 0 Å². The minimum absolute atomic E-state index is 0.000856. The van der Waals surface area contributed by atoms with Crippen LogP contribution in [0.1, 0.15) is 5.56 Å². The summed E-state index contributed by atoms with van der Waals surface area (Å²) in [7, 11) is -4.04. The third kappa shape index (κ3) is 2.79. The molecule has 1 atom stereocenters. The molecule has 1 aliphatic heterocycles. The van der Waals surface area contributed by atoms with E-state index in [1.807, 2.05) is 4.72 Å². The number of carbonyl (C=O) groups is 1. The van der Waals surface area contributed by atoms with Crippen LogP contribution in [0.2, 0.25) is 0 Å². The molecule has 1 aromatic carbocycles. The maximum Gasteiger partial charge on any atom is 0.327 e. The standard InChI is InChI=1S/C11H12N2O5S/c14-10-7-13(19(17,18)12-10)9(11(15)16)6-8-4-2-1-3-5-8/h1-5,7,9,12,14H,6H2,(H,15,16). The zero-order valence-corrected chi connectivity index (χ0v) is 10.5. The predicted molar refractivity (Wildman–Crippen MR) is 66.2 cm³/mol. The van der Waals surface area contributed by atoms with Gasteiger partial charge in [0.25, 0.3) is 0 Å². The van der Waals surface area contributed by atoms with Gasteiger partial charge in [0.1, 0.15) is 6.04 Å². The van der Waals surface area contributed by atoms with Crippen LogP contribution in [0.3, 0.4) is 0 Å². The monoisotopic (exact) mass is 284 g/mol. The zero-order valence-electron chi connectivity index (χ0n) is 9.72. The van der Waals surface area contributed by atoms with Crippen molar-refractivity contribution in [2.75, 3.05) is 0 Å². The lowest BCUT2D eigenvalue weighted by Crippen LogP contribution is -2.43. The Hall–Kier alpha value is -2.22. The van der Waals surface area contributed by atoms with E-state index >= 15 is 0 Å². The van der Waals surface area contributed by atoms with Gasteiger partial charge in [-0.1, -0.05) is 30.3 Å². The third-order valence-electron chi connectivity index (χ3n) is 2.62. The van der Waals surface area contributed by atoms with Crippen molar-refractivity contribution in [1.82, 2.24) is 9.03 Å². The first-order chi connectivity index (χ1) is 8.90. The first-order valence-electron chi connectivity index (χ1n) is 5.39. The van der Waals surface area contributed by atoms with Crippen molar-refractivity contribution in [1.29, 1.82) is 0 Å². The van der Waals surface area contributed by atoms with Gasteiger partial charge in [0, 0.05) is 6.42 Å². The van der Waals surface area contributed by atoms with E-state index in [-0.39, 0.29) is 6.42 Å². The van der Waals surface area contributed by atoms with Gasteiger partial charge in [-0.05, 0) is 5.56 Å². The number of carboxylic acids is 1. The normalized spacial score (nSPS) is 18.5. The van der Waals surface area contributed by atoms with Crippen LogP contribution >= 0.6 is 0 Å². The highest BCUT2D eigenvalue weighted by Gasteiger charge is 2.37. The number of rotatable bonds is 4. The number of hydrogen-bond donors (Lipinski definition) is 3. The Kier molecular flexibility index (Phi) is 3.34. The van der Waals surface area contributed by atoms with Gasteiger partial charge in [-0.15, -0.1) is 0 Å². The topological polar surface area (TPSA) is 107 Å². The maximum absolute atomic E-state index is 11.6. The summed E-state index contributed by atoms with van der Waals surface area (Å²) in [4.78, 5) is 11.2. The largest absolute Gasteiger partial charge is 0.493 e. The maximum atomic E-state index is 11.6. The van der Waals surface area contributed by atoms with E-state index in [4.69, 9.17) is 10.2 Å². The molecule has 0 saturated heterocycles. The van der Waals surface area contributed by atoms with Gasteiger partial charge in [0.2, 0.25) is 5.88 Å². The van der Waals surface area contributed by atoms with Crippen molar-refractivity contribution < 1.29 is 23.4 Å². The highest BCUT2D eigenvalue weighted by molar-refractivity contribution is 7.87. The molecule has 1 heterocycles. The van der Waals surface area contributed by atoms with E-state index in [9.17, 15) is 13.2 Å². The van der Waals surface area contributed by atoms with Gasteiger partial charge < -0.3 is 10.2 Å². The van der Waals surface area contributed by atoms with E-state index in [1.54, 1.807) is 30.3 Å². The van der Waals surface area contributed by atoms with E-state index in [1.165, 1.54) is 0 Å². The average molecular weight is 284 g/mol. The number of nitrogens with zero attached hydrogens (tertiary/aromatic N) is 1. The van der Waals surface area contributed by atoms with Crippen LogP contribution < -0.4 is 4.72 Å². The molecule has 2 rings (SSSR count). The average Bonchev–Trinajstić information content (AvgIpc) is 2.60. The molecule has 0 amide bonds. The number of aliphatic carboxylic acids is 1. The fourth-order valence-corrected chi connectivity index (χ4v) is 2.94. The van der Waals surface area contributed by atoms with Gasteiger partial charge in [-0.25, -0.2) is 13.8 Å². The van der Waals surface area contributed by atoms with E-state index < -0.39 is 28.1 Å². The number of carboxylic acid groups (broad SMARTS) is 1. The minimum atomic E-state index is -4.04. The molecule has 1 aromatic rings. The van der Waals surface area contributed by atoms with E-state index in [0.29, 0.717) is 9.87 Å². The molecule has 1 unspecified atom stereocenters. The summed E-state index contributed by atoms with van der Waals surface area (Å²) in [6.45, 7) is 0. The second-order valence-corrected chi connectivity index (χ2v) is 5.57. The molecule has 8 heteroatoms. The Labute approximate surface area is 110 Å². The summed E-state index contributed by atoms with van der Waals surface area (Å²) in [5, 5.41) is 18.3. The number of benzene rings is 1. The number of aliphatic hydroxyl groups is 1. The van der Waals surface area contributed by atoms with E-state index in [0.717, 1.165) is 6.20 Å². The second kappa shape index (κ2) is 4.81. The third-order valence-corrected chi connectivity index (χ3v) is 4.01. The Morgan fingerprint density at radius 3 is 2.42 bits per heavy atom. The van der Waals surface area contributed by atoms with Crippen molar-refractivity contribution in [3.63, 3.8) is 0 Å². The molecule has 1 aliphatic rings. The zero-order chi connectivity index (χ0) is 14.0. The second-order valence-electron chi connectivity index (χ2n) is 4.00. The number of nitrogens with one attached hydrogen (secondary N) is 1. The van der Waals surface area contributed by atoms with Gasteiger partial charge in [-0.2, -0.15) is 8.42 Å². The van der Waals surface area contributed by atoms with Crippen LogP contribution in [0.5, 0.6) is 0 Å². The van der Waals surface area contributed by atoms with Crippen molar-refractivity contribution in [2.24, 2.45) is 0 Å². The first kappa shape index (κ1) is 13.2. The molecular weight excluding hydrogens is 272 g/mol. The summed E-state index contributed by atoms with van der Waals surface area (Å²) in [5.41, 5.74) is 0.685. The smallest absolute Gasteiger partial charge is 0.327 e. The van der Waals surface area contributed by atoms with E-state index in [2.05, 4.69) is 0 Å². The highest BCUT2D eigenvalue weighted by atomic mass is 32.2. The molecule has 0 spiro atoms. The van der Waals surface area contributed by atoms with Crippen molar-refractivity contribution in [2.45, 2.75) is 12.5 Å². The lowest BCUT2D eigenvalue weighted by Gasteiger charge is -2.22. The Morgan fingerprint density at radius 2 is 1.95 bits per heavy atom. The quantitative estimate of drug-likeness (QED) is 0.731. The molecule has 19 heavy (non-hydrogen) atoms. The van der Waals surface area contributed by atoms with Gasteiger partial charge >= 0.3 is 16.2 Å². The first-order valence-corrected chi connectivity index (χ1v) is 6.83. The summed E-state index contributed by atoms with van der Waals surface area (Å²) < 4.78 is 25.7. The van der Waals surface area contributed by atoms with Gasteiger partial charge in [0.05, 0.1) is 6.20 Å². The van der Waals surface area contributed by atoms with Crippen molar-refractivity contribution >= 4 is 16.2 Å². The summed E-state index contributed by atoms with van der Waals surface area (Å²) >= 11 is 0. The molecule has 0 saturated carbocycles. The Bertz CT molecular complexity index is 611. The van der Waals surface area contributed by atoms with Gasteiger partial charge in [-0.3, -0.25) is 0 Å². The van der Waals surface area contributed by atoms with Crippen LogP contribution in [0.25, 0.3) is 0 Å². The Balaban J connectivity index is 2.29. The van der Waals surface area contributed by atoms with Gasteiger partial charge in [0.15, 0.2) is 0 Å². The molecule has 7 nitrogen and oxygen atoms in total. The molecule has 0 radical (unpaired) electrons. The SMILES string of the molecule is O=C(O)C(Cc1ccccc1)N1C=C(O)NS1(=O)=O. The van der Waals surface area contributed by atoms with Crippen LogP contribution in [0.15, 0.2) is 42.4 Å². The van der Waals surface area contributed by atoms with Crippen molar-refractivity contribution in [3.8, 4) is 0 Å². The van der Waals surface area contributed by atoms with Crippen molar-refractivity contribution in [3.05, 3.63) is 48.0 Å². The number of hydrogen-bond acceptors (Lipinski definition) is 4. The lowest BCUT2D eigenvalue weighted by molar-refractivity contribution is -0.140. The van der Waals surface area contributed by atoms with Crippen LogP contribution in [0.4, 0.5) is 0 Å².